The lowest BCUT2D eigenvalue weighted by molar-refractivity contribution is -0.137. The largest absolute Gasteiger partial charge is 0.416 e. The second-order valence-electron chi connectivity index (χ2n) is 8.28. The zero-order valence-electron chi connectivity index (χ0n) is 19.0. The monoisotopic (exact) mass is 468 g/mol. The van der Waals surface area contributed by atoms with Crippen molar-refractivity contribution in [3.63, 3.8) is 0 Å². The number of carbonyl (C=O) groups is 1. The van der Waals surface area contributed by atoms with Crippen molar-refractivity contribution < 1.29 is 22.7 Å². The van der Waals surface area contributed by atoms with Gasteiger partial charge >= 0.3 is 6.18 Å². The van der Waals surface area contributed by atoms with Gasteiger partial charge in [0.25, 0.3) is 5.91 Å². The number of amides is 1. The molecule has 7 heteroatoms. The summed E-state index contributed by atoms with van der Waals surface area (Å²) in [6.07, 6.45) is -3.50. The normalized spacial score (nSPS) is 14.0. The van der Waals surface area contributed by atoms with Gasteiger partial charge in [-0.05, 0) is 65.9 Å². The van der Waals surface area contributed by atoms with E-state index in [0.717, 1.165) is 51.4 Å². The number of anilines is 1. The molecule has 0 saturated carbocycles. The van der Waals surface area contributed by atoms with Crippen LogP contribution in [-0.2, 0) is 23.9 Å². The van der Waals surface area contributed by atoms with Gasteiger partial charge < -0.3 is 10.1 Å². The van der Waals surface area contributed by atoms with Gasteiger partial charge in [-0.1, -0.05) is 36.4 Å². The third-order valence-corrected chi connectivity index (χ3v) is 6.01. The van der Waals surface area contributed by atoms with Crippen LogP contribution in [0.1, 0.15) is 34.0 Å². The Morgan fingerprint density at radius 1 is 1.03 bits per heavy atom. The number of benzene rings is 3. The molecule has 0 aromatic heterocycles. The van der Waals surface area contributed by atoms with Crippen molar-refractivity contribution in [3.05, 3.63) is 89.0 Å². The highest BCUT2D eigenvalue weighted by atomic mass is 19.4. The third kappa shape index (κ3) is 5.66. The quantitative estimate of drug-likeness (QED) is 0.431. The van der Waals surface area contributed by atoms with Crippen LogP contribution >= 0.6 is 0 Å². The van der Waals surface area contributed by atoms with Gasteiger partial charge in [0.2, 0.25) is 0 Å². The zero-order valence-corrected chi connectivity index (χ0v) is 19.0. The van der Waals surface area contributed by atoms with Crippen molar-refractivity contribution in [1.82, 2.24) is 4.90 Å². The van der Waals surface area contributed by atoms with Crippen molar-refractivity contribution in [2.75, 3.05) is 31.6 Å². The van der Waals surface area contributed by atoms with E-state index in [2.05, 4.69) is 10.2 Å². The minimum absolute atomic E-state index is 0.301. The van der Waals surface area contributed by atoms with E-state index in [0.29, 0.717) is 22.4 Å². The number of rotatable bonds is 7. The van der Waals surface area contributed by atoms with Crippen molar-refractivity contribution in [3.8, 4) is 11.1 Å². The number of nitrogens with one attached hydrogen (secondary N) is 1. The summed E-state index contributed by atoms with van der Waals surface area (Å²) in [7, 11) is 0. The van der Waals surface area contributed by atoms with Gasteiger partial charge in [-0.2, -0.15) is 13.2 Å². The predicted octanol–water partition coefficient (Wildman–Crippen LogP) is 6.02. The first kappa shape index (κ1) is 24.0. The summed E-state index contributed by atoms with van der Waals surface area (Å²) in [5, 5.41) is 2.95. The molecule has 1 aliphatic rings. The lowest BCUT2D eigenvalue weighted by atomic mass is 9.97. The Bertz CT molecular complexity index is 1140. The van der Waals surface area contributed by atoms with Crippen LogP contribution in [0.5, 0.6) is 0 Å². The van der Waals surface area contributed by atoms with Gasteiger partial charge in [0.05, 0.1) is 12.2 Å². The maximum atomic E-state index is 13.1. The Labute approximate surface area is 197 Å². The molecule has 0 unspecified atom stereocenters. The summed E-state index contributed by atoms with van der Waals surface area (Å²) in [5.41, 5.74) is 3.97. The van der Waals surface area contributed by atoms with Crippen LogP contribution in [-0.4, -0.2) is 37.1 Å². The number of fused-ring (bicyclic) bond motifs is 1. The van der Waals surface area contributed by atoms with Crippen LogP contribution in [0.25, 0.3) is 11.1 Å². The second-order valence-corrected chi connectivity index (χ2v) is 8.28. The molecule has 1 heterocycles. The van der Waals surface area contributed by atoms with Crippen LogP contribution in [0.3, 0.4) is 0 Å². The molecule has 0 aliphatic carbocycles. The number of nitrogens with zero attached hydrogens (tertiary/aromatic N) is 1. The molecule has 3 aromatic carbocycles. The zero-order chi connectivity index (χ0) is 24.1. The molecular formula is C27H27F3N2O2. The van der Waals surface area contributed by atoms with Crippen LogP contribution < -0.4 is 5.32 Å². The smallest absolute Gasteiger partial charge is 0.380 e. The summed E-state index contributed by atoms with van der Waals surface area (Å²) >= 11 is 0. The number of hydrogen-bond acceptors (Lipinski definition) is 3. The molecule has 34 heavy (non-hydrogen) atoms. The molecule has 0 radical (unpaired) electrons. The maximum Gasteiger partial charge on any atom is 0.416 e. The summed E-state index contributed by atoms with van der Waals surface area (Å²) < 4.78 is 44.2. The number of alkyl halides is 3. The second kappa shape index (κ2) is 10.4. The highest BCUT2D eigenvalue weighted by molar-refractivity contribution is 6.08. The van der Waals surface area contributed by atoms with Crippen molar-refractivity contribution in [2.45, 2.75) is 26.1 Å². The molecule has 1 N–H and O–H groups in total. The van der Waals surface area contributed by atoms with E-state index in [1.807, 2.05) is 25.1 Å². The highest BCUT2D eigenvalue weighted by Crippen LogP contribution is 2.32. The van der Waals surface area contributed by atoms with Crippen molar-refractivity contribution in [1.29, 1.82) is 0 Å². The fraction of sp³-hybridized carbons (Fsp3) is 0.296. The Hall–Kier alpha value is -3.16. The van der Waals surface area contributed by atoms with Crippen molar-refractivity contribution >= 4 is 11.6 Å². The first-order chi connectivity index (χ1) is 16.3. The highest BCUT2D eigenvalue weighted by Gasteiger charge is 2.30. The fourth-order valence-electron chi connectivity index (χ4n) is 4.19. The van der Waals surface area contributed by atoms with Gasteiger partial charge in [0.1, 0.15) is 0 Å². The number of carbonyl (C=O) groups excluding carboxylic acids is 1. The van der Waals surface area contributed by atoms with E-state index in [1.165, 1.54) is 23.3 Å². The summed E-state index contributed by atoms with van der Waals surface area (Å²) in [5.74, 6) is -0.301. The standard InChI is InChI=1S/C27H27F3N2O2/c1-2-34-16-15-32-14-13-20-17-23(12-9-21(20)18-32)31-26(33)25-6-4-3-5-24(25)19-7-10-22(11-8-19)27(28,29)30/h3-12,17H,2,13-16,18H2,1H3,(H,31,33). The van der Waals surface area contributed by atoms with Crippen LogP contribution in [0.15, 0.2) is 66.7 Å². The molecule has 178 valence electrons. The van der Waals surface area contributed by atoms with E-state index in [1.54, 1.807) is 24.3 Å². The lowest BCUT2D eigenvalue weighted by Crippen LogP contribution is -2.33. The van der Waals surface area contributed by atoms with Gasteiger partial charge in [-0.3, -0.25) is 9.69 Å². The number of hydrogen-bond donors (Lipinski definition) is 1. The number of halogens is 3. The molecule has 0 atom stereocenters. The Kier molecular flexibility index (Phi) is 7.34. The number of ether oxygens (including phenoxy) is 1. The van der Waals surface area contributed by atoms with Gasteiger partial charge in [-0.15, -0.1) is 0 Å². The van der Waals surface area contributed by atoms with Gasteiger partial charge in [0, 0.05) is 37.5 Å². The lowest BCUT2D eigenvalue weighted by Gasteiger charge is -2.29. The molecule has 0 saturated heterocycles. The molecule has 3 aromatic rings. The summed E-state index contributed by atoms with van der Waals surface area (Å²) in [6, 6.07) is 17.7. The van der Waals surface area contributed by atoms with Gasteiger partial charge in [0.15, 0.2) is 0 Å². The van der Waals surface area contributed by atoms with Crippen LogP contribution in [0.2, 0.25) is 0 Å². The SMILES string of the molecule is CCOCCN1CCc2cc(NC(=O)c3ccccc3-c3ccc(C(F)(F)F)cc3)ccc2C1. The summed E-state index contributed by atoms with van der Waals surface area (Å²) in [6.45, 7) is 6.12. The minimum Gasteiger partial charge on any atom is -0.380 e. The predicted molar refractivity (Wildman–Crippen MR) is 127 cm³/mol. The molecular weight excluding hydrogens is 441 g/mol. The average Bonchev–Trinajstić information content (AvgIpc) is 2.84. The Morgan fingerprint density at radius 3 is 2.53 bits per heavy atom. The first-order valence-corrected chi connectivity index (χ1v) is 11.3. The van der Waals surface area contributed by atoms with E-state index in [4.69, 9.17) is 4.74 Å². The topological polar surface area (TPSA) is 41.6 Å². The Balaban J connectivity index is 1.48. The van der Waals surface area contributed by atoms with E-state index >= 15 is 0 Å². The fourth-order valence-corrected chi connectivity index (χ4v) is 4.19. The summed E-state index contributed by atoms with van der Waals surface area (Å²) in [4.78, 5) is 15.4. The van der Waals surface area contributed by atoms with E-state index in [-0.39, 0.29) is 5.91 Å². The molecule has 0 fully saturated rings. The van der Waals surface area contributed by atoms with Crippen LogP contribution in [0.4, 0.5) is 18.9 Å². The third-order valence-electron chi connectivity index (χ3n) is 6.01. The molecule has 0 bridgehead atoms. The molecule has 1 amide bonds. The average molecular weight is 469 g/mol. The first-order valence-electron chi connectivity index (χ1n) is 11.3. The van der Waals surface area contributed by atoms with Gasteiger partial charge in [-0.25, -0.2) is 0 Å². The Morgan fingerprint density at radius 2 is 1.79 bits per heavy atom. The maximum absolute atomic E-state index is 13.1. The molecule has 4 nitrogen and oxygen atoms in total. The molecule has 4 rings (SSSR count). The van der Waals surface area contributed by atoms with E-state index < -0.39 is 11.7 Å². The minimum atomic E-state index is -4.40. The molecule has 0 spiro atoms. The van der Waals surface area contributed by atoms with Crippen LogP contribution in [0, 0.1) is 0 Å². The van der Waals surface area contributed by atoms with Crippen molar-refractivity contribution in [2.24, 2.45) is 0 Å². The van der Waals surface area contributed by atoms with E-state index in [9.17, 15) is 18.0 Å². The molecule has 1 aliphatic heterocycles.